The van der Waals surface area contributed by atoms with E-state index in [1.807, 2.05) is 0 Å². The molecule has 2 aromatic rings. The molecule has 0 aliphatic heterocycles. The number of aromatic carboxylic acids is 1. The number of carbonyl (C=O) groups is 1. The Kier molecular flexibility index (Phi) is 5.06. The van der Waals surface area contributed by atoms with Gasteiger partial charge in [-0.2, -0.15) is 0 Å². The number of nitrogens with zero attached hydrogens (tertiary/aromatic N) is 1. The van der Waals surface area contributed by atoms with Crippen LogP contribution in [0, 0.1) is 10.1 Å². The number of hydrogen-bond acceptors (Lipinski definition) is 4. The SMILES string of the molecule is COc1ccc([As]c2c([N+](=O)[O-])ccc(Cl)c2C(=O)O)cc1. The Morgan fingerprint density at radius 3 is 2.41 bits per heavy atom. The first kappa shape index (κ1) is 16.3. The number of halogens is 1. The van der Waals surface area contributed by atoms with Crippen molar-refractivity contribution in [3.05, 3.63) is 57.1 Å². The van der Waals surface area contributed by atoms with Crippen molar-refractivity contribution in [3.63, 3.8) is 0 Å². The number of nitro groups is 1. The van der Waals surface area contributed by atoms with Gasteiger partial charge in [-0.1, -0.05) is 0 Å². The van der Waals surface area contributed by atoms with Gasteiger partial charge in [0.05, 0.1) is 0 Å². The molecule has 1 radical (unpaired) electrons. The average Bonchev–Trinajstić information content (AvgIpc) is 2.47. The second-order valence-electron chi connectivity index (χ2n) is 4.16. The minimum absolute atomic E-state index is 0.00285. The fourth-order valence-corrected chi connectivity index (χ4v) is 4.61. The number of methoxy groups -OCH3 is 1. The Balaban J connectivity index is 2.53. The van der Waals surface area contributed by atoms with Crippen LogP contribution in [0.25, 0.3) is 0 Å². The van der Waals surface area contributed by atoms with Crippen molar-refractivity contribution in [2.45, 2.75) is 0 Å². The van der Waals surface area contributed by atoms with Gasteiger partial charge in [-0.05, 0) is 0 Å². The third-order valence-corrected chi connectivity index (χ3v) is 5.73. The first-order chi connectivity index (χ1) is 10.4. The standard InChI is InChI=1S/C14H10AsClNO5/c1-22-9-4-2-8(3-5-9)15-13-11(17(20)21)7-6-10(16)12(13)14(18)19/h2-7H,1H3,(H,18,19). The van der Waals surface area contributed by atoms with Gasteiger partial charge >= 0.3 is 137 Å². The molecule has 2 aromatic carbocycles. The van der Waals surface area contributed by atoms with Crippen LogP contribution in [0.2, 0.25) is 5.02 Å². The van der Waals surface area contributed by atoms with Gasteiger partial charge in [0, 0.05) is 0 Å². The Bertz CT molecular complexity index is 733. The van der Waals surface area contributed by atoms with Crippen LogP contribution in [0.5, 0.6) is 5.75 Å². The van der Waals surface area contributed by atoms with E-state index in [1.54, 1.807) is 24.3 Å². The molecule has 0 saturated heterocycles. The molecule has 22 heavy (non-hydrogen) atoms. The van der Waals surface area contributed by atoms with Gasteiger partial charge in [-0.3, -0.25) is 0 Å². The van der Waals surface area contributed by atoms with Crippen LogP contribution in [0.3, 0.4) is 0 Å². The number of nitro benzene ring substituents is 1. The molecule has 6 nitrogen and oxygen atoms in total. The summed E-state index contributed by atoms with van der Waals surface area (Å²) in [5.74, 6) is -0.614. The molecule has 0 atom stereocenters. The molecule has 0 bridgehead atoms. The topological polar surface area (TPSA) is 89.7 Å². The molecule has 8 heteroatoms. The Hall–Kier alpha value is -2.04. The molecule has 0 heterocycles. The molecule has 0 aliphatic carbocycles. The van der Waals surface area contributed by atoms with Gasteiger partial charge in [0.1, 0.15) is 0 Å². The van der Waals surface area contributed by atoms with E-state index in [-0.39, 0.29) is 20.6 Å². The van der Waals surface area contributed by atoms with E-state index >= 15 is 0 Å². The van der Waals surface area contributed by atoms with Crippen LogP contribution in [-0.2, 0) is 0 Å². The van der Waals surface area contributed by atoms with Gasteiger partial charge < -0.3 is 0 Å². The molecule has 0 spiro atoms. The summed E-state index contributed by atoms with van der Waals surface area (Å²) >= 11 is 5.00. The van der Waals surface area contributed by atoms with Crippen LogP contribution in [-0.4, -0.2) is 38.9 Å². The summed E-state index contributed by atoms with van der Waals surface area (Å²) in [5, 5.41) is 20.5. The molecule has 0 unspecified atom stereocenters. The zero-order chi connectivity index (χ0) is 16.3. The third-order valence-electron chi connectivity index (χ3n) is 2.83. The van der Waals surface area contributed by atoms with Gasteiger partial charge in [0.15, 0.2) is 0 Å². The predicted molar refractivity (Wildman–Crippen MR) is 83.1 cm³/mol. The van der Waals surface area contributed by atoms with Crippen LogP contribution in [0.15, 0.2) is 36.4 Å². The van der Waals surface area contributed by atoms with Crippen molar-refractivity contribution in [1.29, 1.82) is 0 Å². The first-order valence-corrected chi connectivity index (χ1v) is 8.25. The summed E-state index contributed by atoms with van der Waals surface area (Å²) in [6.07, 6.45) is 0. The van der Waals surface area contributed by atoms with E-state index in [9.17, 15) is 20.0 Å². The normalized spacial score (nSPS) is 10.8. The van der Waals surface area contributed by atoms with Crippen molar-refractivity contribution in [2.75, 3.05) is 7.11 Å². The van der Waals surface area contributed by atoms with Gasteiger partial charge in [-0.25, -0.2) is 0 Å². The Morgan fingerprint density at radius 1 is 1.27 bits per heavy atom. The molecule has 0 aliphatic rings. The minimum atomic E-state index is -1.27. The van der Waals surface area contributed by atoms with Crippen molar-refractivity contribution in [1.82, 2.24) is 0 Å². The third kappa shape index (κ3) is 3.40. The van der Waals surface area contributed by atoms with Crippen LogP contribution in [0.4, 0.5) is 5.69 Å². The summed E-state index contributed by atoms with van der Waals surface area (Å²) in [4.78, 5) is 22.0. The van der Waals surface area contributed by atoms with Crippen molar-refractivity contribution < 1.29 is 19.6 Å². The molecule has 0 fully saturated rings. The van der Waals surface area contributed by atoms with Gasteiger partial charge in [-0.15, -0.1) is 0 Å². The number of benzene rings is 2. The number of ether oxygens (including phenoxy) is 1. The summed E-state index contributed by atoms with van der Waals surface area (Å²) in [5.41, 5.74) is -0.427. The molecule has 2 rings (SSSR count). The summed E-state index contributed by atoms with van der Waals surface area (Å²) in [7, 11) is 1.53. The summed E-state index contributed by atoms with van der Waals surface area (Å²) in [6.45, 7) is 0. The van der Waals surface area contributed by atoms with E-state index in [2.05, 4.69) is 0 Å². The number of carboxylic acid groups (broad SMARTS) is 1. The van der Waals surface area contributed by atoms with Gasteiger partial charge in [0.25, 0.3) is 0 Å². The molecular weight excluding hydrogens is 373 g/mol. The summed E-state index contributed by atoms with van der Waals surface area (Å²) < 4.78 is 6.03. The zero-order valence-corrected chi connectivity index (χ0v) is 13.9. The van der Waals surface area contributed by atoms with E-state index in [0.717, 1.165) is 4.35 Å². The van der Waals surface area contributed by atoms with Crippen LogP contribution in [0.1, 0.15) is 10.4 Å². The van der Waals surface area contributed by atoms with Crippen molar-refractivity contribution >= 4 is 47.7 Å². The van der Waals surface area contributed by atoms with Crippen molar-refractivity contribution in [3.8, 4) is 5.75 Å². The predicted octanol–water partition coefficient (Wildman–Crippen LogP) is 1.61. The average molecular weight is 383 g/mol. The molecule has 0 amide bonds. The molecule has 113 valence electrons. The second-order valence-corrected chi connectivity index (χ2v) is 7.06. The number of rotatable bonds is 5. The van der Waals surface area contributed by atoms with Crippen LogP contribution >= 0.6 is 11.6 Å². The van der Waals surface area contributed by atoms with E-state index < -0.39 is 26.6 Å². The van der Waals surface area contributed by atoms with E-state index in [0.29, 0.717) is 5.75 Å². The molecular formula is C14H10AsClNO5. The molecule has 0 saturated carbocycles. The van der Waals surface area contributed by atoms with E-state index in [1.165, 1.54) is 19.2 Å². The van der Waals surface area contributed by atoms with Gasteiger partial charge in [0.2, 0.25) is 0 Å². The fraction of sp³-hybridized carbons (Fsp3) is 0.0714. The summed E-state index contributed by atoms with van der Waals surface area (Å²) in [6, 6.07) is 9.44. The zero-order valence-electron chi connectivity index (χ0n) is 11.3. The quantitative estimate of drug-likeness (QED) is 0.482. The maximum atomic E-state index is 11.4. The number of carboxylic acids is 1. The fourth-order valence-electron chi connectivity index (χ4n) is 1.81. The second kappa shape index (κ2) is 6.81. The van der Waals surface area contributed by atoms with E-state index in [4.69, 9.17) is 16.3 Å². The Morgan fingerprint density at radius 2 is 1.91 bits per heavy atom. The van der Waals surface area contributed by atoms with Crippen LogP contribution < -0.4 is 13.4 Å². The first-order valence-electron chi connectivity index (χ1n) is 6.00. The Labute approximate surface area is 137 Å². The molecule has 0 aromatic heterocycles. The number of hydrogen-bond donors (Lipinski definition) is 1. The maximum absolute atomic E-state index is 11.4. The molecule has 1 N–H and O–H groups in total. The van der Waals surface area contributed by atoms with Crippen molar-refractivity contribution in [2.24, 2.45) is 0 Å². The monoisotopic (exact) mass is 382 g/mol.